The molecule has 0 radical (unpaired) electrons. The van der Waals surface area contributed by atoms with E-state index in [2.05, 4.69) is 32.9 Å². The van der Waals surface area contributed by atoms with Crippen molar-refractivity contribution in [3.63, 3.8) is 0 Å². The van der Waals surface area contributed by atoms with E-state index < -0.39 is 0 Å². The van der Waals surface area contributed by atoms with Gasteiger partial charge in [0.05, 0.1) is 16.4 Å². The first-order chi connectivity index (χ1) is 13.6. The summed E-state index contributed by atoms with van der Waals surface area (Å²) in [6, 6.07) is 15.7. The van der Waals surface area contributed by atoms with Gasteiger partial charge in [0.15, 0.2) is 0 Å². The van der Waals surface area contributed by atoms with Gasteiger partial charge in [-0.2, -0.15) is 0 Å². The van der Waals surface area contributed by atoms with Gasteiger partial charge in [-0.25, -0.2) is 9.97 Å². The van der Waals surface area contributed by atoms with Crippen LogP contribution in [0.3, 0.4) is 0 Å². The average Bonchev–Trinajstić information content (AvgIpc) is 2.72. The molecular formula is C23H24Cl2N2O. The Bertz CT molecular complexity index is 945. The van der Waals surface area contributed by atoms with Crippen molar-refractivity contribution in [2.75, 3.05) is 0 Å². The second kappa shape index (κ2) is 9.40. The van der Waals surface area contributed by atoms with Crippen LogP contribution in [0.2, 0.25) is 10.0 Å². The van der Waals surface area contributed by atoms with Gasteiger partial charge in [0.2, 0.25) is 5.88 Å². The zero-order valence-corrected chi connectivity index (χ0v) is 17.9. The third-order valence-electron chi connectivity index (χ3n) is 4.66. The molecule has 0 N–H and O–H groups in total. The fourth-order valence-electron chi connectivity index (χ4n) is 3.15. The molecule has 0 amide bonds. The van der Waals surface area contributed by atoms with E-state index in [0.29, 0.717) is 15.9 Å². The van der Waals surface area contributed by atoms with Crippen molar-refractivity contribution in [3.05, 3.63) is 75.5 Å². The van der Waals surface area contributed by atoms with Crippen LogP contribution >= 0.6 is 23.2 Å². The van der Waals surface area contributed by atoms with Crippen molar-refractivity contribution < 1.29 is 4.74 Å². The quantitative estimate of drug-likeness (QED) is 0.413. The zero-order valence-electron chi connectivity index (χ0n) is 16.4. The summed E-state index contributed by atoms with van der Waals surface area (Å²) in [6.45, 7) is 6.22. The Morgan fingerprint density at radius 3 is 2.21 bits per heavy atom. The highest BCUT2D eigenvalue weighted by Crippen LogP contribution is 2.34. The van der Waals surface area contributed by atoms with Crippen molar-refractivity contribution in [1.29, 1.82) is 0 Å². The second-order valence-corrected chi connectivity index (χ2v) is 7.37. The number of hydrogen-bond acceptors (Lipinski definition) is 3. The van der Waals surface area contributed by atoms with Gasteiger partial charge < -0.3 is 4.74 Å². The maximum absolute atomic E-state index is 6.43. The number of ether oxygens (including phenoxy) is 1. The Labute approximate surface area is 176 Å². The van der Waals surface area contributed by atoms with Gasteiger partial charge in [0, 0.05) is 10.6 Å². The van der Waals surface area contributed by atoms with Gasteiger partial charge in [-0.1, -0.05) is 74.3 Å². The molecule has 1 atom stereocenters. The number of nitrogens with zero attached hydrogens (tertiary/aromatic N) is 2. The topological polar surface area (TPSA) is 35.0 Å². The van der Waals surface area contributed by atoms with E-state index in [0.717, 1.165) is 47.5 Å². The van der Waals surface area contributed by atoms with Crippen LogP contribution in [0.5, 0.6) is 5.88 Å². The van der Waals surface area contributed by atoms with Gasteiger partial charge in [-0.3, -0.25) is 0 Å². The smallest absolute Gasteiger partial charge is 0.236 e. The molecule has 1 unspecified atom stereocenters. The van der Waals surface area contributed by atoms with Gasteiger partial charge in [-0.15, -0.1) is 0 Å². The van der Waals surface area contributed by atoms with E-state index in [-0.39, 0.29) is 6.10 Å². The molecule has 0 fully saturated rings. The van der Waals surface area contributed by atoms with Crippen LogP contribution in [-0.2, 0) is 12.8 Å². The molecule has 3 nitrogen and oxygen atoms in total. The monoisotopic (exact) mass is 414 g/mol. The lowest BCUT2D eigenvalue weighted by Crippen LogP contribution is -2.12. The first-order valence-electron chi connectivity index (χ1n) is 9.64. The summed E-state index contributed by atoms with van der Waals surface area (Å²) in [5.74, 6) is 0.601. The lowest BCUT2D eigenvalue weighted by Gasteiger charge is -2.20. The summed E-state index contributed by atoms with van der Waals surface area (Å²) in [5, 5.41) is 1.17. The van der Waals surface area contributed by atoms with E-state index in [1.165, 1.54) is 0 Å². The van der Waals surface area contributed by atoms with E-state index in [9.17, 15) is 0 Å². The molecule has 146 valence electrons. The molecule has 1 heterocycles. The normalized spacial score (nSPS) is 12.0. The summed E-state index contributed by atoms with van der Waals surface area (Å²) >= 11 is 12.5. The number of benzene rings is 2. The van der Waals surface area contributed by atoms with Crippen LogP contribution < -0.4 is 4.74 Å². The van der Waals surface area contributed by atoms with Crippen LogP contribution in [0.4, 0.5) is 0 Å². The van der Waals surface area contributed by atoms with Crippen LogP contribution in [0.15, 0.2) is 48.5 Å². The highest BCUT2D eigenvalue weighted by molar-refractivity contribution is 6.36. The third-order valence-corrected chi connectivity index (χ3v) is 5.20. The van der Waals surface area contributed by atoms with Crippen molar-refractivity contribution in [2.45, 2.75) is 46.1 Å². The van der Waals surface area contributed by atoms with Crippen molar-refractivity contribution in [1.82, 2.24) is 9.97 Å². The first kappa shape index (κ1) is 20.6. The van der Waals surface area contributed by atoms with E-state index in [1.54, 1.807) is 6.07 Å². The molecule has 1 aromatic heterocycles. The highest BCUT2D eigenvalue weighted by Gasteiger charge is 2.19. The molecule has 0 aliphatic rings. The van der Waals surface area contributed by atoms with E-state index in [1.807, 2.05) is 30.3 Å². The fraction of sp³-hybridized carbons (Fsp3) is 0.304. The standard InChI is InChI=1S/C23H24Cl2N2O/c1-4-19-22(17-13-12-16(24)14-18(17)25)26-20(5-2)23(27-19)28-21(6-3)15-10-8-7-9-11-15/h7-14,21H,4-6H2,1-3H3. The molecule has 0 aliphatic heterocycles. The van der Waals surface area contributed by atoms with Gasteiger partial charge in [0.1, 0.15) is 11.8 Å². The van der Waals surface area contributed by atoms with E-state index >= 15 is 0 Å². The van der Waals surface area contributed by atoms with Gasteiger partial charge in [-0.05, 0) is 43.0 Å². The molecule has 2 aromatic carbocycles. The maximum Gasteiger partial charge on any atom is 0.236 e. The highest BCUT2D eigenvalue weighted by atomic mass is 35.5. The van der Waals surface area contributed by atoms with Crippen molar-refractivity contribution >= 4 is 23.2 Å². The van der Waals surface area contributed by atoms with Crippen LogP contribution in [-0.4, -0.2) is 9.97 Å². The molecule has 3 rings (SSSR count). The number of aryl methyl sites for hydroxylation is 2. The summed E-state index contributed by atoms with van der Waals surface area (Å²) < 4.78 is 6.33. The Morgan fingerprint density at radius 1 is 0.893 bits per heavy atom. The fourth-order valence-corrected chi connectivity index (χ4v) is 3.64. The van der Waals surface area contributed by atoms with Crippen molar-refractivity contribution in [2.24, 2.45) is 0 Å². The Hall–Kier alpha value is -2.10. The minimum atomic E-state index is -0.0597. The number of hydrogen-bond donors (Lipinski definition) is 0. The summed E-state index contributed by atoms with van der Waals surface area (Å²) in [4.78, 5) is 9.73. The maximum atomic E-state index is 6.43. The van der Waals surface area contributed by atoms with Gasteiger partial charge >= 0.3 is 0 Å². The number of rotatable bonds is 7. The average molecular weight is 415 g/mol. The molecule has 0 saturated carbocycles. The van der Waals surface area contributed by atoms with Crippen LogP contribution in [0.1, 0.15) is 50.2 Å². The number of aromatic nitrogens is 2. The largest absolute Gasteiger partial charge is 0.468 e. The predicted octanol–water partition coefficient (Wildman–Crippen LogP) is 7.11. The Kier molecular flexibility index (Phi) is 6.93. The zero-order chi connectivity index (χ0) is 20.1. The molecule has 28 heavy (non-hydrogen) atoms. The van der Waals surface area contributed by atoms with Crippen LogP contribution in [0.25, 0.3) is 11.3 Å². The molecule has 5 heteroatoms. The van der Waals surface area contributed by atoms with Crippen molar-refractivity contribution in [3.8, 4) is 17.1 Å². The first-order valence-corrected chi connectivity index (χ1v) is 10.4. The lowest BCUT2D eigenvalue weighted by molar-refractivity contribution is 0.189. The summed E-state index contributed by atoms with van der Waals surface area (Å²) in [6.07, 6.45) is 2.23. The molecule has 0 aliphatic carbocycles. The molecule has 3 aromatic rings. The molecule has 0 saturated heterocycles. The molecule has 0 spiro atoms. The van der Waals surface area contributed by atoms with Gasteiger partial charge in [0.25, 0.3) is 0 Å². The number of halogens is 2. The third kappa shape index (κ3) is 4.48. The lowest BCUT2D eigenvalue weighted by atomic mass is 10.1. The van der Waals surface area contributed by atoms with E-state index in [4.69, 9.17) is 37.9 Å². The second-order valence-electron chi connectivity index (χ2n) is 6.53. The minimum Gasteiger partial charge on any atom is -0.468 e. The Morgan fingerprint density at radius 2 is 1.61 bits per heavy atom. The predicted molar refractivity (Wildman–Crippen MR) is 116 cm³/mol. The Balaban J connectivity index is 2.03. The summed E-state index contributed by atoms with van der Waals surface area (Å²) in [5.41, 5.74) is 4.46. The SMILES string of the molecule is CCc1nc(-c2ccc(Cl)cc2Cl)c(CC)nc1OC(CC)c1ccccc1. The summed E-state index contributed by atoms with van der Waals surface area (Å²) in [7, 11) is 0. The minimum absolute atomic E-state index is 0.0597. The molecular weight excluding hydrogens is 391 g/mol. The molecule has 0 bridgehead atoms. The van der Waals surface area contributed by atoms with Crippen LogP contribution in [0, 0.1) is 0 Å².